The van der Waals surface area contributed by atoms with E-state index >= 15 is 0 Å². The quantitative estimate of drug-likeness (QED) is 0.189. The zero-order valence-electron chi connectivity index (χ0n) is 23.8. The summed E-state index contributed by atoms with van der Waals surface area (Å²) in [7, 11) is 0. The summed E-state index contributed by atoms with van der Waals surface area (Å²) in [4.78, 5) is 11.5. The van der Waals surface area contributed by atoms with Crippen LogP contribution in [0.3, 0.4) is 0 Å². The number of halogens is 1. The molecule has 0 unspecified atom stereocenters. The van der Waals surface area contributed by atoms with Crippen LogP contribution in [0.2, 0.25) is 5.15 Å². The van der Waals surface area contributed by atoms with E-state index in [2.05, 4.69) is 115 Å². The minimum atomic E-state index is 0.377. The van der Waals surface area contributed by atoms with Gasteiger partial charge in [-0.3, -0.25) is 4.57 Å². The number of para-hydroxylation sites is 1. The number of aromatic nitrogens is 3. The summed E-state index contributed by atoms with van der Waals surface area (Å²) in [5, 5.41) is 8.60. The Morgan fingerprint density at radius 2 is 1.41 bits per heavy atom. The largest absolute Gasteiger partial charge is 0.290 e. The molecular weight excluding hydrogens is 578 g/mol. The number of rotatable bonds is 3. The lowest BCUT2D eigenvalue weighted by Gasteiger charge is -2.13. The van der Waals surface area contributed by atoms with Gasteiger partial charge in [-0.25, -0.2) is 9.97 Å². The molecule has 0 bridgehead atoms. The number of hydrogen-bond donors (Lipinski definition) is 0. The molecule has 9 aromatic rings. The minimum absolute atomic E-state index is 0.377. The summed E-state index contributed by atoms with van der Waals surface area (Å²) in [6, 6.07) is 38.2. The molecule has 0 aliphatic rings. The Labute approximate surface area is 262 Å². The third kappa shape index (κ3) is 3.44. The smallest absolute Gasteiger partial charge is 0.176 e. The van der Waals surface area contributed by atoms with Crippen LogP contribution < -0.4 is 0 Å². The zero-order valence-corrected chi connectivity index (χ0v) is 25.4. The predicted molar refractivity (Wildman–Crippen MR) is 190 cm³/mol. The molecule has 0 N–H and O–H groups in total. The lowest BCUT2D eigenvalue weighted by atomic mass is 9.93. The van der Waals surface area contributed by atoms with Crippen molar-refractivity contribution >= 4 is 93.5 Å². The van der Waals surface area contributed by atoms with Crippen molar-refractivity contribution in [3.05, 3.63) is 131 Å². The van der Waals surface area contributed by atoms with Crippen LogP contribution in [0.1, 0.15) is 10.4 Å². The van der Waals surface area contributed by atoms with Gasteiger partial charge < -0.3 is 0 Å². The van der Waals surface area contributed by atoms with Crippen molar-refractivity contribution in [3.8, 4) is 16.9 Å². The highest BCUT2D eigenvalue weighted by molar-refractivity contribution is 7.21. The third-order valence-electron chi connectivity index (χ3n) is 8.80. The number of nitrogens with zero attached hydrogens (tertiary/aromatic N) is 3. The van der Waals surface area contributed by atoms with Gasteiger partial charge in [0.2, 0.25) is 0 Å². The molecule has 0 amide bonds. The number of aryl methyl sites for hydroxylation is 1. The summed E-state index contributed by atoms with van der Waals surface area (Å²) in [6.45, 7) is 6.36. The van der Waals surface area contributed by atoms with Gasteiger partial charge in [0.15, 0.2) is 11.0 Å². The lowest BCUT2D eigenvalue weighted by molar-refractivity contribution is 1.08. The van der Waals surface area contributed by atoms with Gasteiger partial charge in [0, 0.05) is 32.0 Å². The van der Waals surface area contributed by atoms with Crippen LogP contribution in [0, 0.1) is 6.92 Å². The number of fused-ring (bicyclic) bond motifs is 11. The van der Waals surface area contributed by atoms with E-state index in [4.69, 9.17) is 21.6 Å². The van der Waals surface area contributed by atoms with Crippen molar-refractivity contribution in [1.29, 1.82) is 0 Å². The van der Waals surface area contributed by atoms with E-state index in [0.29, 0.717) is 11.0 Å². The first-order valence-electron chi connectivity index (χ1n) is 14.6. The van der Waals surface area contributed by atoms with Gasteiger partial charge in [-0.2, -0.15) is 0 Å². The van der Waals surface area contributed by atoms with Crippen molar-refractivity contribution in [2.45, 2.75) is 6.92 Å². The first-order valence-corrected chi connectivity index (χ1v) is 15.8. The maximum absolute atomic E-state index is 7.09. The van der Waals surface area contributed by atoms with Crippen molar-refractivity contribution in [2.75, 3.05) is 0 Å². The van der Waals surface area contributed by atoms with Gasteiger partial charge in [-0.1, -0.05) is 121 Å². The number of thiophene rings is 1. The maximum Gasteiger partial charge on any atom is 0.176 e. The molecular formula is C39H24ClN3S. The van der Waals surface area contributed by atoms with Gasteiger partial charge in [-0.15, -0.1) is 11.3 Å². The molecule has 208 valence electrons. The van der Waals surface area contributed by atoms with E-state index in [1.165, 1.54) is 42.2 Å². The Hall–Kier alpha value is -5.03. The molecule has 0 radical (unpaired) electrons. The topological polar surface area (TPSA) is 30.7 Å². The molecule has 0 aliphatic heterocycles. The zero-order chi connectivity index (χ0) is 29.5. The Morgan fingerprint density at radius 3 is 2.23 bits per heavy atom. The van der Waals surface area contributed by atoms with Crippen molar-refractivity contribution < 1.29 is 0 Å². The summed E-state index contributed by atoms with van der Waals surface area (Å²) < 4.78 is 3.45. The fourth-order valence-electron chi connectivity index (χ4n) is 6.96. The Bertz CT molecular complexity index is 2660. The average molecular weight is 602 g/mol. The monoisotopic (exact) mass is 601 g/mol. The standard InChI is InChI=1S/C39H24ClN3S/c1-3-23-12-4-6-14-25(23)32-22(2)44-37-34(32)28-17-9-8-16-27(28)33-29-18-10-11-19-31(29)43(36(33)37)39-38(40)41-30-21-20-24-13-5-7-15-26(24)35(30)42-39/h3-21H,1H2,2H3. The van der Waals surface area contributed by atoms with Crippen LogP contribution in [0.25, 0.3) is 87.5 Å². The first-order chi connectivity index (χ1) is 21.6. The molecule has 0 saturated heterocycles. The molecule has 6 aromatic carbocycles. The predicted octanol–water partition coefficient (Wildman–Crippen LogP) is 11.5. The Kier molecular flexibility index (Phi) is 5.49. The fraction of sp³-hybridized carbons (Fsp3) is 0.0256. The van der Waals surface area contributed by atoms with Gasteiger partial charge in [0.25, 0.3) is 0 Å². The number of benzene rings is 6. The Balaban J connectivity index is 1.53. The maximum atomic E-state index is 7.09. The second-order valence-electron chi connectivity index (χ2n) is 11.1. The van der Waals surface area contributed by atoms with Crippen molar-refractivity contribution in [2.24, 2.45) is 0 Å². The summed E-state index contributed by atoms with van der Waals surface area (Å²) in [5.74, 6) is 0.636. The lowest BCUT2D eigenvalue weighted by Crippen LogP contribution is -2.01. The average Bonchev–Trinajstić information content (AvgIpc) is 3.59. The SMILES string of the molecule is C=Cc1ccccc1-c1c(C)sc2c1c1ccccc1c1c3ccccc3n(-c3nc4c(ccc5ccccc54)nc3Cl)c21. The van der Waals surface area contributed by atoms with E-state index in [-0.39, 0.29) is 0 Å². The van der Waals surface area contributed by atoms with E-state index in [1.54, 1.807) is 0 Å². The van der Waals surface area contributed by atoms with Crippen LogP contribution in [0.5, 0.6) is 0 Å². The second-order valence-corrected chi connectivity index (χ2v) is 12.7. The van der Waals surface area contributed by atoms with Crippen LogP contribution in [0.15, 0.2) is 116 Å². The first kappa shape index (κ1) is 25.5. The van der Waals surface area contributed by atoms with Gasteiger partial charge in [0.1, 0.15) is 0 Å². The molecule has 3 heterocycles. The molecule has 0 saturated carbocycles. The van der Waals surface area contributed by atoms with Crippen LogP contribution >= 0.6 is 22.9 Å². The van der Waals surface area contributed by atoms with Crippen LogP contribution in [-0.4, -0.2) is 14.5 Å². The van der Waals surface area contributed by atoms with Crippen molar-refractivity contribution in [1.82, 2.24) is 14.5 Å². The van der Waals surface area contributed by atoms with Gasteiger partial charge >= 0.3 is 0 Å². The van der Waals surface area contributed by atoms with Crippen LogP contribution in [0.4, 0.5) is 0 Å². The van der Waals surface area contributed by atoms with E-state index in [0.717, 1.165) is 43.8 Å². The third-order valence-corrected chi connectivity index (χ3v) is 10.2. The summed E-state index contributed by atoms with van der Waals surface area (Å²) in [5.41, 5.74) is 7.33. The highest BCUT2D eigenvalue weighted by Gasteiger charge is 2.25. The highest BCUT2D eigenvalue weighted by atomic mass is 35.5. The molecule has 5 heteroatoms. The van der Waals surface area contributed by atoms with Gasteiger partial charge in [0.05, 0.1) is 26.8 Å². The molecule has 0 aliphatic carbocycles. The summed E-state index contributed by atoms with van der Waals surface area (Å²) in [6.07, 6.45) is 1.95. The van der Waals surface area contributed by atoms with E-state index in [9.17, 15) is 0 Å². The normalized spacial score (nSPS) is 12.0. The van der Waals surface area contributed by atoms with Crippen molar-refractivity contribution in [3.63, 3.8) is 0 Å². The minimum Gasteiger partial charge on any atom is -0.290 e. The molecule has 9 rings (SSSR count). The highest BCUT2D eigenvalue weighted by Crippen LogP contribution is 2.50. The molecule has 44 heavy (non-hydrogen) atoms. The molecule has 0 fully saturated rings. The molecule has 0 spiro atoms. The molecule has 0 atom stereocenters. The van der Waals surface area contributed by atoms with Crippen LogP contribution in [-0.2, 0) is 0 Å². The fourth-order valence-corrected chi connectivity index (χ4v) is 8.41. The van der Waals surface area contributed by atoms with Gasteiger partial charge in [-0.05, 0) is 46.3 Å². The van der Waals surface area contributed by atoms with E-state index < -0.39 is 0 Å². The second kappa shape index (κ2) is 9.48. The van der Waals surface area contributed by atoms with E-state index in [1.807, 2.05) is 29.5 Å². The summed E-state index contributed by atoms with van der Waals surface area (Å²) >= 11 is 8.91. The molecule has 3 aromatic heterocycles. The number of hydrogen-bond acceptors (Lipinski definition) is 3. The molecule has 3 nitrogen and oxygen atoms in total. The Morgan fingerprint density at radius 1 is 0.727 bits per heavy atom.